The first-order valence-electron chi connectivity index (χ1n) is 8.22. The molecule has 1 aromatic carbocycles. The summed E-state index contributed by atoms with van der Waals surface area (Å²) in [6.07, 6.45) is 4.95. The summed E-state index contributed by atoms with van der Waals surface area (Å²) < 4.78 is 19.7. The maximum Gasteiger partial charge on any atom is 0.126 e. The van der Waals surface area contributed by atoms with Gasteiger partial charge in [0.2, 0.25) is 0 Å². The van der Waals surface area contributed by atoms with E-state index in [0.717, 1.165) is 44.3 Å². The van der Waals surface area contributed by atoms with Crippen LogP contribution in [0.25, 0.3) is 0 Å². The molecular weight excluding hydrogens is 265 g/mol. The minimum atomic E-state index is -0.102. The smallest absolute Gasteiger partial charge is 0.126 e. The van der Waals surface area contributed by atoms with Gasteiger partial charge in [-0.25, -0.2) is 4.39 Å². The Bertz CT molecular complexity index is 445. The summed E-state index contributed by atoms with van der Waals surface area (Å²) in [5.74, 6) is -0.102. The second-order valence-corrected chi connectivity index (χ2v) is 6.29. The van der Waals surface area contributed by atoms with Gasteiger partial charge in [-0.15, -0.1) is 0 Å². The third kappa shape index (κ3) is 4.27. The Morgan fingerprint density at radius 2 is 2.05 bits per heavy atom. The summed E-state index contributed by atoms with van der Waals surface area (Å²) in [4.78, 5) is 0. The van der Waals surface area contributed by atoms with Gasteiger partial charge in [0.1, 0.15) is 5.82 Å². The van der Waals surface area contributed by atoms with E-state index < -0.39 is 0 Å². The number of benzene rings is 1. The standard InChI is InChI=1S/C18H28FNO/c1-4-18(5-2)13-16(10-11-21-18)20-14(3)12-15-8-6-7-9-17(15)19/h6-9,14,16,20H,4-5,10-13H2,1-3H3. The van der Waals surface area contributed by atoms with Crippen LogP contribution in [0.2, 0.25) is 0 Å². The van der Waals surface area contributed by atoms with Gasteiger partial charge in [0.05, 0.1) is 5.60 Å². The van der Waals surface area contributed by atoms with E-state index in [9.17, 15) is 4.39 Å². The lowest BCUT2D eigenvalue weighted by Gasteiger charge is -2.41. The number of ether oxygens (including phenoxy) is 1. The van der Waals surface area contributed by atoms with E-state index in [4.69, 9.17) is 4.74 Å². The SMILES string of the molecule is CCC1(CC)CC(NC(C)Cc2ccccc2F)CCO1. The largest absolute Gasteiger partial charge is 0.375 e. The van der Waals surface area contributed by atoms with Crippen molar-refractivity contribution in [2.75, 3.05) is 6.61 Å². The van der Waals surface area contributed by atoms with Crippen LogP contribution in [0.4, 0.5) is 4.39 Å². The summed E-state index contributed by atoms with van der Waals surface area (Å²) in [6.45, 7) is 7.37. The molecule has 2 unspecified atom stereocenters. The molecule has 3 heteroatoms. The molecule has 2 nitrogen and oxygen atoms in total. The molecule has 1 saturated heterocycles. The van der Waals surface area contributed by atoms with Crippen molar-refractivity contribution < 1.29 is 9.13 Å². The minimum absolute atomic E-state index is 0.0354. The van der Waals surface area contributed by atoms with E-state index in [1.54, 1.807) is 6.07 Å². The lowest BCUT2D eigenvalue weighted by molar-refractivity contribution is -0.0939. The van der Waals surface area contributed by atoms with E-state index in [-0.39, 0.29) is 17.5 Å². The highest BCUT2D eigenvalue weighted by Gasteiger charge is 2.34. The van der Waals surface area contributed by atoms with Crippen molar-refractivity contribution in [3.63, 3.8) is 0 Å². The van der Waals surface area contributed by atoms with E-state index in [0.29, 0.717) is 6.04 Å². The molecule has 0 spiro atoms. The molecule has 21 heavy (non-hydrogen) atoms. The molecule has 2 atom stereocenters. The van der Waals surface area contributed by atoms with Crippen LogP contribution in [0, 0.1) is 5.82 Å². The molecule has 0 bridgehead atoms. The van der Waals surface area contributed by atoms with Gasteiger partial charge in [-0.05, 0) is 50.7 Å². The summed E-state index contributed by atoms with van der Waals surface area (Å²) in [5, 5.41) is 3.67. The Morgan fingerprint density at radius 3 is 2.71 bits per heavy atom. The van der Waals surface area contributed by atoms with Crippen molar-refractivity contribution in [1.82, 2.24) is 5.32 Å². The summed E-state index contributed by atoms with van der Waals surface area (Å²) in [5.41, 5.74) is 0.829. The monoisotopic (exact) mass is 293 g/mol. The lowest BCUT2D eigenvalue weighted by atomic mass is 9.85. The molecule has 1 aliphatic heterocycles. The predicted octanol–water partition coefficient (Wildman–Crippen LogP) is 4.08. The summed E-state index contributed by atoms with van der Waals surface area (Å²) in [7, 11) is 0. The number of rotatable bonds is 6. The molecule has 1 heterocycles. The number of nitrogens with one attached hydrogen (secondary N) is 1. The maximum atomic E-state index is 13.7. The van der Waals surface area contributed by atoms with E-state index in [1.807, 2.05) is 12.1 Å². The van der Waals surface area contributed by atoms with E-state index in [1.165, 1.54) is 6.07 Å². The summed E-state index contributed by atoms with van der Waals surface area (Å²) in [6, 6.07) is 7.80. The van der Waals surface area contributed by atoms with Gasteiger partial charge in [-0.3, -0.25) is 0 Å². The first-order chi connectivity index (χ1) is 10.1. The fourth-order valence-corrected chi connectivity index (χ4v) is 3.37. The highest BCUT2D eigenvalue weighted by Crippen LogP contribution is 2.31. The highest BCUT2D eigenvalue weighted by molar-refractivity contribution is 5.18. The van der Waals surface area contributed by atoms with Gasteiger partial charge in [-0.1, -0.05) is 32.0 Å². The molecule has 0 aromatic heterocycles. The normalized spacial score (nSPS) is 23.0. The van der Waals surface area contributed by atoms with Crippen molar-refractivity contribution in [3.05, 3.63) is 35.6 Å². The van der Waals surface area contributed by atoms with Gasteiger partial charge < -0.3 is 10.1 Å². The predicted molar refractivity (Wildman–Crippen MR) is 85.0 cm³/mol. The molecule has 1 aromatic rings. The average molecular weight is 293 g/mol. The zero-order chi connectivity index (χ0) is 15.3. The molecule has 1 aliphatic rings. The molecule has 0 amide bonds. The first kappa shape index (κ1) is 16.4. The second-order valence-electron chi connectivity index (χ2n) is 6.29. The Labute approximate surface area is 128 Å². The molecule has 0 radical (unpaired) electrons. The third-order valence-corrected chi connectivity index (χ3v) is 4.79. The van der Waals surface area contributed by atoms with Crippen molar-refractivity contribution in [3.8, 4) is 0 Å². The van der Waals surface area contributed by atoms with Crippen LogP contribution in [-0.4, -0.2) is 24.3 Å². The van der Waals surface area contributed by atoms with Crippen LogP contribution in [0.1, 0.15) is 52.0 Å². The molecule has 0 saturated carbocycles. The highest BCUT2D eigenvalue weighted by atomic mass is 19.1. The van der Waals surface area contributed by atoms with E-state index in [2.05, 4.69) is 26.1 Å². The zero-order valence-corrected chi connectivity index (χ0v) is 13.5. The Morgan fingerprint density at radius 1 is 1.33 bits per heavy atom. The number of halogens is 1. The lowest BCUT2D eigenvalue weighted by Crippen LogP contribution is -2.49. The molecular formula is C18H28FNO. The van der Waals surface area contributed by atoms with Crippen LogP contribution in [0.5, 0.6) is 0 Å². The molecule has 1 N–H and O–H groups in total. The van der Waals surface area contributed by atoms with Crippen LogP contribution in [-0.2, 0) is 11.2 Å². The Balaban J connectivity index is 1.90. The number of hydrogen-bond donors (Lipinski definition) is 1. The van der Waals surface area contributed by atoms with Crippen molar-refractivity contribution >= 4 is 0 Å². The number of hydrogen-bond acceptors (Lipinski definition) is 2. The topological polar surface area (TPSA) is 21.3 Å². The second kappa shape index (κ2) is 7.37. The van der Waals surface area contributed by atoms with Crippen LogP contribution in [0.15, 0.2) is 24.3 Å². The van der Waals surface area contributed by atoms with Crippen molar-refractivity contribution in [2.45, 2.75) is 70.6 Å². The molecule has 1 fully saturated rings. The van der Waals surface area contributed by atoms with Gasteiger partial charge in [0, 0.05) is 18.7 Å². The Kier molecular flexibility index (Phi) is 5.77. The van der Waals surface area contributed by atoms with Crippen LogP contribution in [0.3, 0.4) is 0 Å². The van der Waals surface area contributed by atoms with Crippen LogP contribution >= 0.6 is 0 Å². The van der Waals surface area contributed by atoms with Gasteiger partial charge in [0.25, 0.3) is 0 Å². The van der Waals surface area contributed by atoms with Gasteiger partial charge in [-0.2, -0.15) is 0 Å². The average Bonchev–Trinajstić information content (AvgIpc) is 2.49. The zero-order valence-electron chi connectivity index (χ0n) is 13.5. The summed E-state index contributed by atoms with van der Waals surface area (Å²) >= 11 is 0. The van der Waals surface area contributed by atoms with Gasteiger partial charge >= 0.3 is 0 Å². The maximum absolute atomic E-state index is 13.7. The Hall–Kier alpha value is -0.930. The minimum Gasteiger partial charge on any atom is -0.375 e. The fourth-order valence-electron chi connectivity index (χ4n) is 3.37. The quantitative estimate of drug-likeness (QED) is 0.853. The third-order valence-electron chi connectivity index (χ3n) is 4.79. The first-order valence-corrected chi connectivity index (χ1v) is 8.22. The van der Waals surface area contributed by atoms with Crippen molar-refractivity contribution in [2.24, 2.45) is 0 Å². The van der Waals surface area contributed by atoms with Gasteiger partial charge in [0.15, 0.2) is 0 Å². The molecule has 118 valence electrons. The van der Waals surface area contributed by atoms with E-state index >= 15 is 0 Å². The molecule has 0 aliphatic carbocycles. The van der Waals surface area contributed by atoms with Crippen molar-refractivity contribution in [1.29, 1.82) is 0 Å². The fraction of sp³-hybridized carbons (Fsp3) is 0.667. The molecule has 2 rings (SSSR count). The van der Waals surface area contributed by atoms with Crippen LogP contribution < -0.4 is 5.32 Å².